The number of ether oxygens (including phenoxy) is 2. The van der Waals surface area contributed by atoms with Crippen LogP contribution in [0.1, 0.15) is 38.7 Å². The van der Waals surface area contributed by atoms with Crippen LogP contribution >= 0.6 is 12.4 Å². The van der Waals surface area contributed by atoms with E-state index in [4.69, 9.17) is 20.0 Å². The molecule has 0 saturated carbocycles. The monoisotopic (exact) mass is 716 g/mol. The second-order valence-corrected chi connectivity index (χ2v) is 11.5. The Bertz CT molecular complexity index is 1720. The minimum atomic E-state index is -2.06. The van der Waals surface area contributed by atoms with Crippen LogP contribution in [0, 0.1) is 36.3 Å². The molecule has 1 heterocycles. The van der Waals surface area contributed by atoms with Crippen LogP contribution in [0.3, 0.4) is 0 Å². The zero-order valence-electron chi connectivity index (χ0n) is 26.7. The number of nitrogens with two attached hydrogens (primary N) is 1. The summed E-state index contributed by atoms with van der Waals surface area (Å²) in [4.78, 5) is 78.5. The predicted molar refractivity (Wildman–Crippen MR) is 177 cm³/mol. The van der Waals surface area contributed by atoms with Crippen molar-refractivity contribution < 1.29 is 43.5 Å². The lowest BCUT2D eigenvalue weighted by molar-refractivity contribution is -0.385. The molecule has 3 N–H and O–H groups in total. The third-order valence-electron chi connectivity index (χ3n) is 7.58. The molecule has 3 unspecified atom stereocenters. The van der Waals surface area contributed by atoms with Crippen molar-refractivity contribution in [2.75, 3.05) is 11.4 Å². The second kappa shape index (κ2) is 16.6. The first kappa shape index (κ1) is 38.7. The number of hydrogen-bond donors (Lipinski definition) is 2. The average molecular weight is 717 g/mol. The highest BCUT2D eigenvalue weighted by Crippen LogP contribution is 2.30. The lowest BCUT2D eigenvalue weighted by atomic mass is 9.83. The Labute approximate surface area is 290 Å². The fourth-order valence-electron chi connectivity index (χ4n) is 5.25. The van der Waals surface area contributed by atoms with Gasteiger partial charge in [-0.25, -0.2) is 14.4 Å². The Morgan fingerprint density at radius 1 is 0.880 bits per heavy atom. The van der Waals surface area contributed by atoms with Gasteiger partial charge in [0.05, 0.1) is 14.8 Å². The number of benzene rings is 3. The maximum atomic E-state index is 13.5. The van der Waals surface area contributed by atoms with Gasteiger partial charge < -0.3 is 24.9 Å². The van der Waals surface area contributed by atoms with E-state index in [9.17, 15) is 44.7 Å². The van der Waals surface area contributed by atoms with Gasteiger partial charge in [0.2, 0.25) is 0 Å². The van der Waals surface area contributed by atoms with Gasteiger partial charge in [-0.1, -0.05) is 13.8 Å². The third-order valence-corrected chi connectivity index (χ3v) is 7.58. The molecular formula is C31H33ClN6O12. The van der Waals surface area contributed by atoms with Crippen LogP contribution in [-0.4, -0.2) is 51.5 Å². The van der Waals surface area contributed by atoms with Crippen molar-refractivity contribution in [1.82, 2.24) is 5.48 Å². The van der Waals surface area contributed by atoms with E-state index in [1.165, 1.54) is 48.5 Å². The third kappa shape index (κ3) is 9.24. The van der Waals surface area contributed by atoms with Crippen molar-refractivity contribution in [2.45, 2.75) is 50.9 Å². The summed E-state index contributed by atoms with van der Waals surface area (Å²) in [6, 6.07) is 13.9. The number of nitrogens with one attached hydrogen (secondary N) is 1. The summed E-state index contributed by atoms with van der Waals surface area (Å²) in [5, 5.41) is 33.2. The average Bonchev–Trinajstić information content (AvgIpc) is 3.56. The van der Waals surface area contributed by atoms with Crippen LogP contribution in [0.2, 0.25) is 0 Å². The highest BCUT2D eigenvalue weighted by Gasteiger charge is 2.41. The molecule has 0 bridgehead atoms. The lowest BCUT2D eigenvalue weighted by Gasteiger charge is -2.30. The Kier molecular flexibility index (Phi) is 12.9. The molecule has 1 fully saturated rings. The smallest absolute Gasteiger partial charge is 0.371 e. The number of carbonyl (C=O) groups is 3. The first-order valence-electron chi connectivity index (χ1n) is 14.9. The zero-order chi connectivity index (χ0) is 35.9. The van der Waals surface area contributed by atoms with Crippen LogP contribution in [0.5, 0.6) is 5.75 Å². The molecule has 50 heavy (non-hydrogen) atoms. The number of esters is 2. The van der Waals surface area contributed by atoms with Gasteiger partial charge in [-0.3, -0.25) is 30.3 Å². The topological polar surface area (TPSA) is 250 Å². The van der Waals surface area contributed by atoms with E-state index < -0.39 is 50.5 Å². The van der Waals surface area contributed by atoms with E-state index in [2.05, 4.69) is 5.48 Å². The minimum absolute atomic E-state index is 0. The van der Waals surface area contributed by atoms with Crippen molar-refractivity contribution in [2.24, 2.45) is 11.7 Å². The summed E-state index contributed by atoms with van der Waals surface area (Å²) >= 11 is 0. The molecule has 266 valence electrons. The first-order chi connectivity index (χ1) is 23.2. The molecule has 0 aliphatic carbocycles. The zero-order valence-corrected chi connectivity index (χ0v) is 27.5. The molecule has 3 aromatic carbocycles. The van der Waals surface area contributed by atoms with Gasteiger partial charge in [0.15, 0.2) is 0 Å². The van der Waals surface area contributed by atoms with Crippen LogP contribution in [-0.2, 0) is 29.5 Å². The molecule has 0 aromatic heterocycles. The molecule has 19 heteroatoms. The first-order valence-corrected chi connectivity index (χ1v) is 14.9. The number of rotatable bonds is 14. The van der Waals surface area contributed by atoms with Crippen molar-refractivity contribution in [3.05, 3.63) is 109 Å². The number of nitro benzene ring substituents is 3. The van der Waals surface area contributed by atoms with Gasteiger partial charge in [0.25, 0.3) is 23.3 Å². The molecule has 0 amide bonds. The number of carbonyl (C=O) groups excluding carboxylic acids is 3. The van der Waals surface area contributed by atoms with E-state index in [0.717, 1.165) is 24.3 Å². The number of hydroxylamine groups is 1. The molecular weight excluding hydrogens is 684 g/mol. The Balaban J connectivity index is 0.00000676. The number of non-ortho nitro benzene ring substituents is 3. The van der Waals surface area contributed by atoms with Gasteiger partial charge >= 0.3 is 17.9 Å². The van der Waals surface area contributed by atoms with E-state index in [1.54, 1.807) is 18.7 Å². The van der Waals surface area contributed by atoms with Crippen molar-refractivity contribution in [3.63, 3.8) is 0 Å². The standard InChI is InChI=1S/C31H32N6O12.ClH/c1-19(2)18-31(32,20-5-7-22(8-6-20)35(41)42)30(40)49-33-27(29(39)47-25-15-13-24(14-16-25)37(45)46)48-28(38)26-4-3-17-34(26)21-9-11-23(12-10-21)36(43)44;/h5-16,19,26-27,33H,3-4,17-18,32H2,1-2H3;1H. The van der Waals surface area contributed by atoms with E-state index in [0.29, 0.717) is 25.1 Å². The summed E-state index contributed by atoms with van der Waals surface area (Å²) in [7, 11) is 0. The molecule has 4 rings (SSSR count). The largest absolute Gasteiger partial charge is 0.430 e. The molecule has 0 radical (unpaired) electrons. The van der Waals surface area contributed by atoms with Crippen molar-refractivity contribution in [3.8, 4) is 5.75 Å². The molecule has 1 saturated heterocycles. The summed E-state index contributed by atoms with van der Waals surface area (Å²) < 4.78 is 10.7. The Morgan fingerprint density at radius 2 is 1.38 bits per heavy atom. The molecule has 0 spiro atoms. The number of anilines is 1. The Morgan fingerprint density at radius 3 is 1.88 bits per heavy atom. The quantitative estimate of drug-likeness (QED) is 0.0779. The Hall–Kier alpha value is -5.72. The minimum Gasteiger partial charge on any atom is -0.430 e. The van der Waals surface area contributed by atoms with E-state index in [1.807, 2.05) is 0 Å². The van der Waals surface area contributed by atoms with Crippen molar-refractivity contribution in [1.29, 1.82) is 0 Å². The number of nitrogens with zero attached hydrogens (tertiary/aromatic N) is 4. The maximum Gasteiger partial charge on any atom is 0.371 e. The molecule has 1 aliphatic heterocycles. The van der Waals surface area contributed by atoms with Gasteiger partial charge in [0, 0.05) is 48.6 Å². The molecule has 3 atom stereocenters. The van der Waals surface area contributed by atoms with Crippen LogP contribution < -0.4 is 20.9 Å². The summed E-state index contributed by atoms with van der Waals surface area (Å²) in [6.45, 7) is 3.94. The van der Waals surface area contributed by atoms with Gasteiger partial charge in [-0.05, 0) is 67.1 Å². The van der Waals surface area contributed by atoms with Crippen molar-refractivity contribution >= 4 is 53.1 Å². The second-order valence-electron chi connectivity index (χ2n) is 11.5. The summed E-state index contributed by atoms with van der Waals surface area (Å²) in [5.41, 5.74) is 6.75. The van der Waals surface area contributed by atoms with Crippen LogP contribution in [0.25, 0.3) is 0 Å². The fourth-order valence-corrected chi connectivity index (χ4v) is 5.25. The summed E-state index contributed by atoms with van der Waals surface area (Å²) in [6.07, 6.45) is -1.22. The number of nitro groups is 3. The van der Waals surface area contributed by atoms with E-state index in [-0.39, 0.29) is 53.1 Å². The molecule has 18 nitrogen and oxygen atoms in total. The van der Waals surface area contributed by atoms with Crippen LogP contribution in [0.4, 0.5) is 22.7 Å². The van der Waals surface area contributed by atoms with Gasteiger partial charge in [0.1, 0.15) is 17.3 Å². The SMILES string of the molecule is CC(C)CC(N)(C(=O)ONC(OC(=O)C1CCCN1c1ccc([N+](=O)[O-])cc1)C(=O)Oc1ccc([N+](=O)[O-])cc1)c1ccc([N+](=O)[O-])cc1.Cl. The lowest BCUT2D eigenvalue weighted by Crippen LogP contribution is -2.52. The highest BCUT2D eigenvalue weighted by atomic mass is 35.5. The molecule has 3 aromatic rings. The highest BCUT2D eigenvalue weighted by molar-refractivity contribution is 5.86. The van der Waals surface area contributed by atoms with Crippen LogP contribution in [0.15, 0.2) is 72.8 Å². The predicted octanol–water partition coefficient (Wildman–Crippen LogP) is 4.22. The molecule has 1 aliphatic rings. The summed E-state index contributed by atoms with van der Waals surface area (Å²) in [5.74, 6) is -3.65. The normalized spacial score (nSPS) is 15.6. The van der Waals surface area contributed by atoms with E-state index >= 15 is 0 Å². The number of halogens is 1. The fraction of sp³-hybridized carbons (Fsp3) is 0.323. The number of hydrogen-bond acceptors (Lipinski definition) is 15. The van der Waals surface area contributed by atoms with Gasteiger partial charge in [-0.2, -0.15) is 0 Å². The maximum absolute atomic E-state index is 13.5. The van der Waals surface area contributed by atoms with Gasteiger partial charge in [-0.15, -0.1) is 17.9 Å².